The second kappa shape index (κ2) is 10.8. The van der Waals surface area contributed by atoms with Crippen molar-refractivity contribution < 1.29 is 18.7 Å². The highest BCUT2D eigenvalue weighted by molar-refractivity contribution is 5.89. The largest absolute Gasteiger partial charge is 0.467 e. The quantitative estimate of drug-likeness (QED) is 0.390. The lowest BCUT2D eigenvalue weighted by atomic mass is 10.0. The number of hydrogen-bond acceptors (Lipinski definition) is 6. The highest BCUT2D eigenvalue weighted by Crippen LogP contribution is 2.23. The van der Waals surface area contributed by atoms with Crippen LogP contribution in [0.2, 0.25) is 0 Å². The Labute approximate surface area is 197 Å². The van der Waals surface area contributed by atoms with E-state index in [1.807, 2.05) is 55.5 Å². The van der Waals surface area contributed by atoms with Crippen molar-refractivity contribution in [2.75, 3.05) is 20.3 Å². The van der Waals surface area contributed by atoms with Crippen LogP contribution < -0.4 is 5.32 Å². The Morgan fingerprint density at radius 3 is 2.65 bits per heavy atom. The molecule has 0 aliphatic carbocycles. The highest BCUT2D eigenvalue weighted by Gasteiger charge is 2.31. The SMILES string of the molecule is COCCN(C(=O)Cn1nnc2ccccc21)[C@H](C(=O)NCc1ccco1)c1ccc(C)cc1. The van der Waals surface area contributed by atoms with Gasteiger partial charge in [0.2, 0.25) is 11.8 Å². The molecule has 0 spiro atoms. The minimum absolute atomic E-state index is 0.0575. The van der Waals surface area contributed by atoms with Crippen molar-refractivity contribution >= 4 is 22.8 Å². The Bertz CT molecular complexity index is 1230. The molecule has 0 radical (unpaired) electrons. The zero-order valence-electron chi connectivity index (χ0n) is 19.2. The first kappa shape index (κ1) is 23.2. The Morgan fingerprint density at radius 1 is 1.12 bits per heavy atom. The summed E-state index contributed by atoms with van der Waals surface area (Å²) < 4.78 is 12.1. The van der Waals surface area contributed by atoms with Crippen molar-refractivity contribution in [3.8, 4) is 0 Å². The van der Waals surface area contributed by atoms with Crippen LogP contribution in [-0.4, -0.2) is 52.0 Å². The van der Waals surface area contributed by atoms with Crippen LogP contribution in [0.25, 0.3) is 11.0 Å². The molecule has 0 fully saturated rings. The number of aryl methyl sites for hydroxylation is 1. The van der Waals surface area contributed by atoms with Gasteiger partial charge in [-0.25, -0.2) is 4.68 Å². The van der Waals surface area contributed by atoms with Gasteiger partial charge in [-0.15, -0.1) is 5.10 Å². The molecule has 0 unspecified atom stereocenters. The maximum Gasteiger partial charge on any atom is 0.247 e. The van der Waals surface area contributed by atoms with Crippen LogP contribution in [0, 0.1) is 6.92 Å². The molecular weight excluding hydrogens is 434 g/mol. The summed E-state index contributed by atoms with van der Waals surface area (Å²) in [4.78, 5) is 28.5. The summed E-state index contributed by atoms with van der Waals surface area (Å²) in [6.07, 6.45) is 1.55. The van der Waals surface area contributed by atoms with Gasteiger partial charge in [-0.05, 0) is 36.8 Å². The van der Waals surface area contributed by atoms with Gasteiger partial charge in [0.15, 0.2) is 0 Å². The van der Waals surface area contributed by atoms with Gasteiger partial charge < -0.3 is 19.4 Å². The minimum Gasteiger partial charge on any atom is -0.467 e. The van der Waals surface area contributed by atoms with Crippen molar-refractivity contribution in [1.82, 2.24) is 25.2 Å². The molecule has 0 aliphatic rings. The lowest BCUT2D eigenvalue weighted by molar-refractivity contribution is -0.142. The van der Waals surface area contributed by atoms with Crippen molar-refractivity contribution in [2.45, 2.75) is 26.1 Å². The van der Waals surface area contributed by atoms with E-state index in [9.17, 15) is 9.59 Å². The average molecular weight is 462 g/mol. The maximum absolute atomic E-state index is 13.6. The van der Waals surface area contributed by atoms with Crippen LogP contribution in [-0.2, 0) is 27.4 Å². The van der Waals surface area contributed by atoms with Gasteiger partial charge in [-0.2, -0.15) is 0 Å². The Hall–Kier alpha value is -3.98. The number of fused-ring (bicyclic) bond motifs is 1. The number of methoxy groups -OCH3 is 1. The van der Waals surface area contributed by atoms with Crippen molar-refractivity contribution in [3.05, 3.63) is 83.8 Å². The summed E-state index contributed by atoms with van der Waals surface area (Å²) in [5.41, 5.74) is 3.21. The van der Waals surface area contributed by atoms with Crippen LogP contribution >= 0.6 is 0 Å². The molecule has 0 bridgehead atoms. The second-order valence-electron chi connectivity index (χ2n) is 7.93. The third-order valence-corrected chi connectivity index (χ3v) is 5.53. The van der Waals surface area contributed by atoms with Gasteiger partial charge in [-0.1, -0.05) is 47.2 Å². The van der Waals surface area contributed by atoms with Gasteiger partial charge in [0.25, 0.3) is 0 Å². The zero-order chi connectivity index (χ0) is 23.9. The molecule has 2 heterocycles. The van der Waals surface area contributed by atoms with E-state index in [2.05, 4.69) is 15.6 Å². The van der Waals surface area contributed by atoms with Crippen LogP contribution in [0.15, 0.2) is 71.3 Å². The van der Waals surface area contributed by atoms with E-state index < -0.39 is 6.04 Å². The van der Waals surface area contributed by atoms with Crippen molar-refractivity contribution in [3.63, 3.8) is 0 Å². The molecule has 34 heavy (non-hydrogen) atoms. The van der Waals surface area contributed by atoms with E-state index in [0.29, 0.717) is 16.8 Å². The lowest BCUT2D eigenvalue weighted by Crippen LogP contribution is -2.46. The summed E-state index contributed by atoms with van der Waals surface area (Å²) >= 11 is 0. The first-order valence-corrected chi connectivity index (χ1v) is 11.0. The zero-order valence-corrected chi connectivity index (χ0v) is 19.2. The van der Waals surface area contributed by atoms with E-state index >= 15 is 0 Å². The standard InChI is InChI=1S/C25H27N5O4/c1-18-9-11-19(12-10-18)24(25(32)26-16-20-6-5-14-34-20)29(13-15-33-2)23(31)17-30-22-8-4-3-7-21(22)27-28-30/h3-12,14,24H,13,15-17H2,1-2H3,(H,26,32)/t24-/m0/s1. The number of rotatable bonds is 10. The highest BCUT2D eigenvalue weighted by atomic mass is 16.5. The number of nitrogens with one attached hydrogen (secondary N) is 1. The number of ether oxygens (including phenoxy) is 1. The molecule has 176 valence electrons. The van der Waals surface area contributed by atoms with Gasteiger partial charge in [0.1, 0.15) is 23.9 Å². The fourth-order valence-electron chi connectivity index (χ4n) is 3.75. The van der Waals surface area contributed by atoms with Crippen LogP contribution in [0.1, 0.15) is 22.9 Å². The number of benzene rings is 2. The molecule has 9 nitrogen and oxygen atoms in total. The van der Waals surface area contributed by atoms with Crippen LogP contribution in [0.4, 0.5) is 0 Å². The number of carbonyl (C=O) groups is 2. The number of para-hydroxylation sites is 1. The van der Waals surface area contributed by atoms with Crippen LogP contribution in [0.3, 0.4) is 0 Å². The smallest absolute Gasteiger partial charge is 0.247 e. The van der Waals surface area contributed by atoms with Crippen molar-refractivity contribution in [2.24, 2.45) is 0 Å². The monoisotopic (exact) mass is 461 g/mol. The van der Waals surface area contributed by atoms with Gasteiger partial charge in [-0.3, -0.25) is 9.59 Å². The summed E-state index contributed by atoms with van der Waals surface area (Å²) in [5, 5.41) is 11.2. The van der Waals surface area contributed by atoms with Gasteiger partial charge in [0.05, 0.1) is 24.9 Å². The van der Waals surface area contributed by atoms with E-state index in [0.717, 1.165) is 11.1 Å². The predicted octanol–water partition coefficient (Wildman–Crippen LogP) is 2.87. The molecule has 2 aromatic heterocycles. The number of amides is 2. The van der Waals surface area contributed by atoms with Gasteiger partial charge >= 0.3 is 0 Å². The number of furan rings is 1. The molecule has 4 rings (SSSR count). The fourth-order valence-corrected chi connectivity index (χ4v) is 3.75. The molecule has 1 N–H and O–H groups in total. The summed E-state index contributed by atoms with van der Waals surface area (Å²) in [6, 6.07) is 17.7. The predicted molar refractivity (Wildman–Crippen MR) is 126 cm³/mol. The van der Waals surface area contributed by atoms with Crippen molar-refractivity contribution in [1.29, 1.82) is 0 Å². The molecule has 9 heteroatoms. The van der Waals surface area contributed by atoms with E-state index in [1.54, 1.807) is 30.2 Å². The molecule has 1 atom stereocenters. The maximum atomic E-state index is 13.6. The number of nitrogens with zero attached hydrogens (tertiary/aromatic N) is 4. The third-order valence-electron chi connectivity index (χ3n) is 5.53. The molecule has 2 aromatic carbocycles. The molecule has 0 saturated carbocycles. The summed E-state index contributed by atoms with van der Waals surface area (Å²) in [5.74, 6) is 0.0411. The topological polar surface area (TPSA) is 102 Å². The summed E-state index contributed by atoms with van der Waals surface area (Å²) in [7, 11) is 1.56. The first-order chi connectivity index (χ1) is 16.6. The number of carbonyl (C=O) groups excluding carboxylic acids is 2. The summed E-state index contributed by atoms with van der Waals surface area (Å²) in [6.45, 7) is 2.64. The second-order valence-corrected chi connectivity index (χ2v) is 7.93. The number of hydrogen-bond donors (Lipinski definition) is 1. The lowest BCUT2D eigenvalue weighted by Gasteiger charge is -2.31. The molecule has 0 saturated heterocycles. The Morgan fingerprint density at radius 2 is 1.91 bits per heavy atom. The number of aromatic nitrogens is 3. The molecular formula is C25H27N5O4. The molecule has 0 aliphatic heterocycles. The van der Waals surface area contributed by atoms with E-state index in [1.165, 1.54) is 4.90 Å². The van der Waals surface area contributed by atoms with E-state index in [-0.39, 0.29) is 38.1 Å². The Kier molecular flexibility index (Phi) is 7.34. The normalized spacial score (nSPS) is 11.9. The Balaban J connectivity index is 1.63. The third kappa shape index (κ3) is 5.32. The minimum atomic E-state index is -0.854. The average Bonchev–Trinajstić information content (AvgIpc) is 3.51. The molecule has 4 aromatic rings. The molecule has 2 amide bonds. The first-order valence-electron chi connectivity index (χ1n) is 11.0. The fraction of sp³-hybridized carbons (Fsp3) is 0.280. The van der Waals surface area contributed by atoms with E-state index in [4.69, 9.17) is 9.15 Å². The van der Waals surface area contributed by atoms with Crippen LogP contribution in [0.5, 0.6) is 0 Å². The van der Waals surface area contributed by atoms with Gasteiger partial charge in [0, 0.05) is 13.7 Å².